The molecule has 1 aliphatic heterocycles. The number of hydrogen-bond donors (Lipinski definition) is 2. The van der Waals surface area contributed by atoms with Gasteiger partial charge in [0.2, 0.25) is 11.8 Å². The topological polar surface area (TPSA) is 89.4 Å². The third-order valence-electron chi connectivity index (χ3n) is 4.03. The molecule has 0 radical (unpaired) electrons. The molecule has 1 atom stereocenters. The maximum atomic E-state index is 12.1. The molecule has 1 unspecified atom stereocenters. The van der Waals surface area contributed by atoms with E-state index in [-0.39, 0.29) is 23.3 Å². The van der Waals surface area contributed by atoms with Crippen LogP contribution in [0.25, 0.3) is 0 Å². The third-order valence-corrected chi connectivity index (χ3v) is 4.03. The summed E-state index contributed by atoms with van der Waals surface area (Å²) in [5.74, 6) is -0.394. The predicted molar refractivity (Wildman–Crippen MR) is 63.9 cm³/mol. The van der Waals surface area contributed by atoms with Gasteiger partial charge in [-0.25, -0.2) is 0 Å². The first-order chi connectivity index (χ1) is 8.00. The van der Waals surface area contributed by atoms with Crippen molar-refractivity contribution in [1.29, 1.82) is 0 Å². The van der Waals surface area contributed by atoms with Crippen molar-refractivity contribution in [3.63, 3.8) is 0 Å². The van der Waals surface area contributed by atoms with Gasteiger partial charge >= 0.3 is 0 Å². The molecule has 0 bridgehead atoms. The molecule has 2 aliphatic rings. The van der Waals surface area contributed by atoms with Gasteiger partial charge in [-0.2, -0.15) is 0 Å². The molecule has 2 rings (SSSR count). The van der Waals surface area contributed by atoms with Gasteiger partial charge < -0.3 is 16.4 Å². The first-order valence-corrected chi connectivity index (χ1v) is 6.36. The zero-order valence-electron chi connectivity index (χ0n) is 10.2. The van der Waals surface area contributed by atoms with E-state index in [0.29, 0.717) is 13.0 Å². The maximum absolute atomic E-state index is 12.1. The van der Waals surface area contributed by atoms with Gasteiger partial charge in [0.25, 0.3) is 0 Å². The standard InChI is InChI=1S/C12H21N3O2/c13-11(17)9-3-1-6-15(8-9)10(16)7-12(14)4-2-5-12/h9H,1-8,14H2,(H2,13,17). The minimum atomic E-state index is -0.298. The lowest BCUT2D eigenvalue weighted by Gasteiger charge is -2.40. The van der Waals surface area contributed by atoms with E-state index in [1.165, 1.54) is 0 Å². The second-order valence-electron chi connectivity index (χ2n) is 5.47. The summed E-state index contributed by atoms with van der Waals surface area (Å²) in [6, 6.07) is 0. The van der Waals surface area contributed by atoms with Crippen molar-refractivity contribution in [3.8, 4) is 0 Å². The van der Waals surface area contributed by atoms with E-state index < -0.39 is 0 Å². The first-order valence-electron chi connectivity index (χ1n) is 6.36. The lowest BCUT2D eigenvalue weighted by molar-refractivity contribution is -0.136. The number of rotatable bonds is 3. The fraction of sp³-hybridized carbons (Fsp3) is 0.833. The third kappa shape index (κ3) is 2.77. The van der Waals surface area contributed by atoms with E-state index in [4.69, 9.17) is 11.5 Å². The molecular weight excluding hydrogens is 218 g/mol. The first kappa shape index (κ1) is 12.4. The minimum Gasteiger partial charge on any atom is -0.369 e. The van der Waals surface area contributed by atoms with Crippen molar-refractivity contribution in [3.05, 3.63) is 0 Å². The smallest absolute Gasteiger partial charge is 0.224 e. The zero-order valence-corrected chi connectivity index (χ0v) is 10.2. The molecule has 2 amide bonds. The summed E-state index contributed by atoms with van der Waals surface area (Å²) >= 11 is 0. The summed E-state index contributed by atoms with van der Waals surface area (Å²) in [5, 5.41) is 0. The highest BCUT2D eigenvalue weighted by Gasteiger charge is 2.37. The number of carbonyl (C=O) groups excluding carboxylic acids is 2. The predicted octanol–water partition coefficient (Wildman–Crippen LogP) is -0.0182. The highest BCUT2D eigenvalue weighted by atomic mass is 16.2. The summed E-state index contributed by atoms with van der Waals surface area (Å²) in [5.41, 5.74) is 11.1. The van der Waals surface area contributed by atoms with Crippen LogP contribution >= 0.6 is 0 Å². The van der Waals surface area contributed by atoms with Gasteiger partial charge in [-0.05, 0) is 32.1 Å². The number of primary amides is 1. The lowest BCUT2D eigenvalue weighted by atomic mass is 9.75. The van der Waals surface area contributed by atoms with Crippen LogP contribution in [0, 0.1) is 5.92 Å². The second kappa shape index (κ2) is 4.64. The number of nitrogens with zero attached hydrogens (tertiary/aromatic N) is 1. The zero-order chi connectivity index (χ0) is 12.5. The summed E-state index contributed by atoms with van der Waals surface area (Å²) in [7, 11) is 0. The Bertz CT molecular complexity index is 326. The van der Waals surface area contributed by atoms with Crippen molar-refractivity contribution in [2.75, 3.05) is 13.1 Å². The molecule has 0 spiro atoms. The van der Waals surface area contributed by atoms with Crippen molar-refractivity contribution in [2.24, 2.45) is 17.4 Å². The van der Waals surface area contributed by atoms with Crippen LogP contribution in [0.5, 0.6) is 0 Å². The van der Waals surface area contributed by atoms with E-state index in [2.05, 4.69) is 0 Å². The second-order valence-corrected chi connectivity index (χ2v) is 5.47. The Hall–Kier alpha value is -1.10. The molecule has 4 N–H and O–H groups in total. The molecule has 1 aliphatic carbocycles. The van der Waals surface area contributed by atoms with E-state index >= 15 is 0 Å². The quantitative estimate of drug-likeness (QED) is 0.725. The van der Waals surface area contributed by atoms with Crippen LogP contribution in [-0.2, 0) is 9.59 Å². The Morgan fingerprint density at radius 3 is 2.53 bits per heavy atom. The Morgan fingerprint density at radius 2 is 2.00 bits per heavy atom. The number of nitrogens with two attached hydrogens (primary N) is 2. The summed E-state index contributed by atoms with van der Waals surface area (Å²) in [4.78, 5) is 25.0. The van der Waals surface area contributed by atoms with Crippen molar-refractivity contribution < 1.29 is 9.59 Å². The Labute approximate surface area is 102 Å². The Morgan fingerprint density at radius 1 is 1.29 bits per heavy atom. The largest absolute Gasteiger partial charge is 0.369 e. The van der Waals surface area contributed by atoms with Gasteiger partial charge in [0.1, 0.15) is 0 Å². The summed E-state index contributed by atoms with van der Waals surface area (Å²) in [6.45, 7) is 1.21. The summed E-state index contributed by atoms with van der Waals surface area (Å²) < 4.78 is 0. The minimum absolute atomic E-state index is 0.0816. The maximum Gasteiger partial charge on any atom is 0.224 e. The van der Waals surface area contributed by atoms with Crippen LogP contribution in [0.4, 0.5) is 0 Å². The summed E-state index contributed by atoms with van der Waals surface area (Å²) in [6.07, 6.45) is 5.06. The van der Waals surface area contributed by atoms with Crippen LogP contribution in [0.3, 0.4) is 0 Å². The van der Waals surface area contributed by atoms with Crippen molar-refractivity contribution in [2.45, 2.75) is 44.1 Å². The lowest BCUT2D eigenvalue weighted by Crippen LogP contribution is -2.52. The molecule has 5 heteroatoms. The van der Waals surface area contributed by atoms with Gasteiger partial charge in [0, 0.05) is 25.0 Å². The molecule has 0 aromatic heterocycles. The molecule has 5 nitrogen and oxygen atoms in total. The van der Waals surface area contributed by atoms with E-state index in [9.17, 15) is 9.59 Å². The number of piperidine rings is 1. The number of amides is 2. The van der Waals surface area contributed by atoms with Gasteiger partial charge in [-0.3, -0.25) is 9.59 Å². The highest BCUT2D eigenvalue weighted by Crippen LogP contribution is 2.33. The van der Waals surface area contributed by atoms with Gasteiger partial charge in [-0.1, -0.05) is 0 Å². The average molecular weight is 239 g/mol. The van der Waals surface area contributed by atoms with E-state index in [1.807, 2.05) is 0 Å². The van der Waals surface area contributed by atoms with Gasteiger partial charge in [0.05, 0.1) is 5.92 Å². The Kier molecular flexibility index (Phi) is 3.38. The molecule has 17 heavy (non-hydrogen) atoms. The monoisotopic (exact) mass is 239 g/mol. The molecule has 1 saturated carbocycles. The number of hydrogen-bond acceptors (Lipinski definition) is 3. The van der Waals surface area contributed by atoms with Crippen LogP contribution in [0.2, 0.25) is 0 Å². The van der Waals surface area contributed by atoms with E-state index in [0.717, 1.165) is 38.6 Å². The SMILES string of the molecule is NC(=O)C1CCCN(C(=O)CC2(N)CCC2)C1. The van der Waals surface area contributed by atoms with Crippen LogP contribution in [-0.4, -0.2) is 35.3 Å². The number of carbonyl (C=O) groups is 2. The highest BCUT2D eigenvalue weighted by molar-refractivity contribution is 5.80. The normalized spacial score (nSPS) is 27.4. The number of likely N-dealkylation sites (tertiary alicyclic amines) is 1. The molecule has 1 heterocycles. The van der Waals surface area contributed by atoms with Crippen LogP contribution < -0.4 is 11.5 Å². The molecular formula is C12H21N3O2. The molecule has 0 aromatic carbocycles. The fourth-order valence-electron chi connectivity index (χ4n) is 2.66. The van der Waals surface area contributed by atoms with Gasteiger partial charge in [0.15, 0.2) is 0 Å². The van der Waals surface area contributed by atoms with Crippen LogP contribution in [0.1, 0.15) is 38.5 Å². The fourth-order valence-corrected chi connectivity index (χ4v) is 2.66. The van der Waals surface area contributed by atoms with Gasteiger partial charge in [-0.15, -0.1) is 0 Å². The van der Waals surface area contributed by atoms with E-state index in [1.54, 1.807) is 4.90 Å². The molecule has 1 saturated heterocycles. The van der Waals surface area contributed by atoms with Crippen molar-refractivity contribution >= 4 is 11.8 Å². The average Bonchev–Trinajstić information content (AvgIpc) is 2.27. The molecule has 96 valence electrons. The molecule has 0 aromatic rings. The molecule has 2 fully saturated rings. The Balaban J connectivity index is 1.88. The van der Waals surface area contributed by atoms with Crippen molar-refractivity contribution in [1.82, 2.24) is 4.90 Å². The van der Waals surface area contributed by atoms with Crippen LogP contribution in [0.15, 0.2) is 0 Å².